The van der Waals surface area contributed by atoms with E-state index in [2.05, 4.69) is 21.2 Å². The van der Waals surface area contributed by atoms with Crippen molar-refractivity contribution in [2.75, 3.05) is 26.0 Å². The average molecular weight is 413 g/mol. The van der Waals surface area contributed by atoms with Crippen LogP contribution in [-0.2, 0) is 11.3 Å². The SMILES string of the molecule is COc1ccc(Br)cc1C[NH+](C)CC(=O)Nc1ccc(Cl)cc1C. The number of rotatable bonds is 6. The fourth-order valence-electron chi connectivity index (χ4n) is 2.51. The van der Waals surface area contributed by atoms with Crippen molar-refractivity contribution in [3.05, 3.63) is 57.0 Å². The van der Waals surface area contributed by atoms with Crippen molar-refractivity contribution in [2.24, 2.45) is 0 Å². The lowest BCUT2D eigenvalue weighted by Crippen LogP contribution is -3.08. The molecule has 0 saturated carbocycles. The fourth-order valence-corrected chi connectivity index (χ4v) is 3.14. The van der Waals surface area contributed by atoms with Crippen LogP contribution in [-0.4, -0.2) is 26.6 Å². The molecule has 0 radical (unpaired) electrons. The zero-order valence-electron chi connectivity index (χ0n) is 14.0. The summed E-state index contributed by atoms with van der Waals surface area (Å²) in [6.07, 6.45) is 0. The van der Waals surface area contributed by atoms with Crippen LogP contribution in [0.2, 0.25) is 5.02 Å². The Morgan fingerprint density at radius 2 is 2.04 bits per heavy atom. The van der Waals surface area contributed by atoms with Crippen molar-refractivity contribution in [1.82, 2.24) is 0 Å². The van der Waals surface area contributed by atoms with Crippen LogP contribution < -0.4 is 15.0 Å². The van der Waals surface area contributed by atoms with Crippen molar-refractivity contribution in [1.29, 1.82) is 0 Å². The summed E-state index contributed by atoms with van der Waals surface area (Å²) in [6, 6.07) is 11.3. The monoisotopic (exact) mass is 411 g/mol. The van der Waals surface area contributed by atoms with Crippen molar-refractivity contribution >= 4 is 39.1 Å². The minimum atomic E-state index is -0.0353. The highest BCUT2D eigenvalue weighted by Gasteiger charge is 2.14. The Kier molecular flexibility index (Phi) is 6.66. The Morgan fingerprint density at radius 1 is 1.29 bits per heavy atom. The van der Waals surface area contributed by atoms with E-state index < -0.39 is 0 Å². The second-order valence-corrected chi connectivity index (χ2v) is 7.13. The van der Waals surface area contributed by atoms with Gasteiger partial charge in [-0.3, -0.25) is 4.79 Å². The molecule has 0 spiro atoms. The first-order valence-corrected chi connectivity index (χ1v) is 8.76. The summed E-state index contributed by atoms with van der Waals surface area (Å²) in [5.74, 6) is 0.790. The van der Waals surface area contributed by atoms with Gasteiger partial charge in [0.1, 0.15) is 12.3 Å². The van der Waals surface area contributed by atoms with Gasteiger partial charge in [-0.2, -0.15) is 0 Å². The van der Waals surface area contributed by atoms with Gasteiger partial charge in [-0.05, 0) is 48.9 Å². The number of amides is 1. The summed E-state index contributed by atoms with van der Waals surface area (Å²) in [5, 5.41) is 3.60. The summed E-state index contributed by atoms with van der Waals surface area (Å²) in [4.78, 5) is 13.3. The van der Waals surface area contributed by atoms with Gasteiger partial charge in [-0.1, -0.05) is 27.5 Å². The summed E-state index contributed by atoms with van der Waals surface area (Å²) < 4.78 is 6.37. The van der Waals surface area contributed by atoms with Crippen LogP contribution in [0.25, 0.3) is 0 Å². The van der Waals surface area contributed by atoms with Gasteiger partial charge in [0.25, 0.3) is 5.91 Å². The molecule has 0 aliphatic carbocycles. The van der Waals surface area contributed by atoms with Crippen LogP contribution in [0.5, 0.6) is 5.75 Å². The molecule has 1 atom stereocenters. The third kappa shape index (κ3) is 5.23. The van der Waals surface area contributed by atoms with Crippen molar-refractivity contribution in [3.8, 4) is 5.75 Å². The number of anilines is 1. The Balaban J connectivity index is 1.98. The Labute approximate surface area is 155 Å². The Hall–Kier alpha value is -1.56. The average Bonchev–Trinajstić information content (AvgIpc) is 2.50. The molecule has 0 bridgehead atoms. The first-order valence-electron chi connectivity index (χ1n) is 7.58. The number of aryl methyl sites for hydroxylation is 1. The minimum absolute atomic E-state index is 0.0353. The number of nitrogens with one attached hydrogen (secondary N) is 2. The number of carbonyl (C=O) groups excluding carboxylic acids is 1. The van der Waals surface area contributed by atoms with E-state index in [4.69, 9.17) is 16.3 Å². The third-order valence-electron chi connectivity index (χ3n) is 3.66. The quantitative estimate of drug-likeness (QED) is 0.766. The molecule has 0 aromatic heterocycles. The fraction of sp³-hybridized carbons (Fsp3) is 0.278. The first kappa shape index (κ1) is 18.8. The summed E-state index contributed by atoms with van der Waals surface area (Å²) in [5.41, 5.74) is 2.79. The zero-order chi connectivity index (χ0) is 17.7. The molecular weight excluding hydrogens is 392 g/mol. The van der Waals surface area contributed by atoms with Gasteiger partial charge in [-0.25, -0.2) is 0 Å². The number of methoxy groups -OCH3 is 1. The van der Waals surface area contributed by atoms with Gasteiger partial charge in [0.05, 0.1) is 14.2 Å². The van der Waals surface area contributed by atoms with Crippen LogP contribution >= 0.6 is 27.5 Å². The molecule has 2 rings (SSSR count). The molecule has 1 amide bonds. The Bertz CT molecular complexity index is 737. The second kappa shape index (κ2) is 8.51. The van der Waals surface area contributed by atoms with Gasteiger partial charge in [0.15, 0.2) is 6.54 Å². The number of likely N-dealkylation sites (N-methyl/N-ethyl adjacent to an activating group) is 1. The number of halogens is 2. The van der Waals surface area contributed by atoms with Crippen LogP contribution in [0.1, 0.15) is 11.1 Å². The number of carbonyl (C=O) groups is 1. The molecule has 2 N–H and O–H groups in total. The molecule has 2 aromatic rings. The molecule has 0 fully saturated rings. The summed E-state index contributed by atoms with van der Waals surface area (Å²) >= 11 is 9.41. The van der Waals surface area contributed by atoms with E-state index in [1.807, 2.05) is 44.3 Å². The molecule has 0 aliphatic heterocycles. The molecule has 24 heavy (non-hydrogen) atoms. The lowest BCUT2D eigenvalue weighted by atomic mass is 10.2. The smallest absolute Gasteiger partial charge is 0.279 e. The standard InChI is InChI=1S/C18H20BrClN2O2/c1-12-8-15(20)5-6-16(12)21-18(23)11-22(2)10-13-9-14(19)4-7-17(13)24-3/h4-9H,10-11H2,1-3H3,(H,21,23)/p+1. The van der Waals surface area contributed by atoms with E-state index in [-0.39, 0.29) is 5.91 Å². The molecular formula is C18H21BrClN2O2+. The minimum Gasteiger partial charge on any atom is -0.496 e. The molecule has 128 valence electrons. The van der Waals surface area contributed by atoms with Crippen molar-refractivity contribution < 1.29 is 14.4 Å². The maximum atomic E-state index is 12.3. The van der Waals surface area contributed by atoms with E-state index in [9.17, 15) is 4.79 Å². The predicted molar refractivity (Wildman–Crippen MR) is 101 cm³/mol. The lowest BCUT2D eigenvalue weighted by Gasteiger charge is -2.16. The number of hydrogen-bond donors (Lipinski definition) is 2. The number of ether oxygens (including phenoxy) is 1. The van der Waals surface area contributed by atoms with E-state index in [1.165, 1.54) is 0 Å². The van der Waals surface area contributed by atoms with Crippen LogP contribution in [0.3, 0.4) is 0 Å². The molecule has 0 heterocycles. The van der Waals surface area contributed by atoms with Crippen LogP contribution in [0.4, 0.5) is 5.69 Å². The molecule has 4 nitrogen and oxygen atoms in total. The van der Waals surface area contributed by atoms with Gasteiger partial charge in [0.2, 0.25) is 0 Å². The van der Waals surface area contributed by atoms with Crippen molar-refractivity contribution in [2.45, 2.75) is 13.5 Å². The number of hydrogen-bond acceptors (Lipinski definition) is 2. The topological polar surface area (TPSA) is 42.8 Å². The normalized spacial score (nSPS) is 11.9. The Morgan fingerprint density at radius 3 is 2.71 bits per heavy atom. The van der Waals surface area contributed by atoms with Gasteiger partial charge < -0.3 is 15.0 Å². The van der Waals surface area contributed by atoms with Crippen LogP contribution in [0, 0.1) is 6.92 Å². The first-order chi connectivity index (χ1) is 11.4. The number of benzene rings is 2. The number of quaternary nitrogens is 1. The lowest BCUT2D eigenvalue weighted by molar-refractivity contribution is -0.885. The van der Waals surface area contributed by atoms with E-state index >= 15 is 0 Å². The van der Waals surface area contributed by atoms with E-state index in [0.717, 1.165) is 31.9 Å². The van der Waals surface area contributed by atoms with Gasteiger partial charge in [-0.15, -0.1) is 0 Å². The van der Waals surface area contributed by atoms with Crippen LogP contribution in [0.15, 0.2) is 40.9 Å². The second-order valence-electron chi connectivity index (χ2n) is 5.77. The molecule has 0 aliphatic rings. The highest BCUT2D eigenvalue weighted by atomic mass is 79.9. The van der Waals surface area contributed by atoms with Crippen molar-refractivity contribution in [3.63, 3.8) is 0 Å². The molecule has 6 heteroatoms. The maximum absolute atomic E-state index is 12.3. The maximum Gasteiger partial charge on any atom is 0.279 e. The predicted octanol–water partition coefficient (Wildman–Crippen LogP) is 3.07. The molecule has 0 saturated heterocycles. The highest BCUT2D eigenvalue weighted by molar-refractivity contribution is 9.10. The van der Waals surface area contributed by atoms with E-state index in [1.54, 1.807) is 13.2 Å². The summed E-state index contributed by atoms with van der Waals surface area (Å²) in [7, 11) is 3.63. The highest BCUT2D eigenvalue weighted by Crippen LogP contribution is 2.22. The molecule has 1 unspecified atom stereocenters. The third-order valence-corrected chi connectivity index (χ3v) is 4.39. The molecule has 2 aromatic carbocycles. The van der Waals surface area contributed by atoms with Gasteiger partial charge in [0, 0.05) is 20.7 Å². The zero-order valence-corrected chi connectivity index (χ0v) is 16.3. The summed E-state index contributed by atoms with van der Waals surface area (Å²) in [6.45, 7) is 2.97. The van der Waals surface area contributed by atoms with Gasteiger partial charge >= 0.3 is 0 Å². The largest absolute Gasteiger partial charge is 0.496 e. The van der Waals surface area contributed by atoms with E-state index in [0.29, 0.717) is 18.1 Å².